The van der Waals surface area contributed by atoms with Gasteiger partial charge in [0.1, 0.15) is 11.5 Å². The minimum absolute atomic E-state index is 0.0373. The molecule has 0 aliphatic carbocycles. The van der Waals surface area contributed by atoms with E-state index in [4.69, 9.17) is 16.3 Å². The summed E-state index contributed by atoms with van der Waals surface area (Å²) in [5.41, 5.74) is 0.272. The van der Waals surface area contributed by atoms with E-state index in [1.165, 1.54) is 24.0 Å². The number of hydrogen-bond acceptors (Lipinski definition) is 8. The number of rotatable bonds is 9. The Morgan fingerprint density at radius 1 is 1.03 bits per heavy atom. The number of anilines is 2. The molecular formula is C25H23ClN6O5. The van der Waals surface area contributed by atoms with E-state index in [1.54, 1.807) is 54.6 Å². The highest BCUT2D eigenvalue weighted by Gasteiger charge is 2.14. The third-order valence-corrected chi connectivity index (χ3v) is 5.53. The van der Waals surface area contributed by atoms with E-state index in [0.29, 0.717) is 27.8 Å². The van der Waals surface area contributed by atoms with Gasteiger partial charge in [-0.15, -0.1) is 0 Å². The van der Waals surface area contributed by atoms with Crippen LogP contribution in [-0.2, 0) is 13.1 Å². The Morgan fingerprint density at radius 3 is 2.43 bits per heavy atom. The Labute approximate surface area is 216 Å². The van der Waals surface area contributed by atoms with Crippen molar-refractivity contribution in [2.24, 2.45) is 0 Å². The normalized spacial score (nSPS) is 10.7. The number of halogens is 1. The summed E-state index contributed by atoms with van der Waals surface area (Å²) in [4.78, 5) is 45.4. The van der Waals surface area contributed by atoms with E-state index in [1.807, 2.05) is 0 Å². The van der Waals surface area contributed by atoms with Crippen LogP contribution in [0.4, 0.5) is 11.6 Å². The number of aromatic nitrogens is 4. The monoisotopic (exact) mass is 522 g/mol. The van der Waals surface area contributed by atoms with E-state index in [-0.39, 0.29) is 31.6 Å². The van der Waals surface area contributed by atoms with E-state index in [9.17, 15) is 19.5 Å². The molecule has 0 radical (unpaired) electrons. The zero-order valence-corrected chi connectivity index (χ0v) is 20.5. The molecule has 0 atom stereocenters. The van der Waals surface area contributed by atoms with Gasteiger partial charge in [0, 0.05) is 24.0 Å². The molecule has 2 aromatic heterocycles. The van der Waals surface area contributed by atoms with Crippen molar-refractivity contribution in [3.63, 3.8) is 0 Å². The Balaban J connectivity index is 1.59. The lowest BCUT2D eigenvalue weighted by atomic mass is 10.2. The molecule has 0 saturated carbocycles. The lowest BCUT2D eigenvalue weighted by molar-refractivity contribution is 0.0962. The van der Waals surface area contributed by atoms with Crippen LogP contribution < -0.4 is 26.7 Å². The maximum absolute atomic E-state index is 13.1. The Kier molecular flexibility index (Phi) is 7.96. The first-order valence-corrected chi connectivity index (χ1v) is 11.5. The summed E-state index contributed by atoms with van der Waals surface area (Å²) >= 11 is 5.97. The third-order valence-electron chi connectivity index (χ3n) is 5.28. The second-order valence-corrected chi connectivity index (χ2v) is 8.26. The number of pyridine rings is 1. The maximum atomic E-state index is 13.1. The van der Waals surface area contributed by atoms with Crippen LogP contribution in [0.3, 0.4) is 0 Å². The van der Waals surface area contributed by atoms with Crippen molar-refractivity contribution in [3.05, 3.63) is 104 Å². The molecule has 190 valence electrons. The molecule has 1 amide bonds. The van der Waals surface area contributed by atoms with Crippen molar-refractivity contribution in [1.29, 1.82) is 0 Å². The number of carbonyl (C=O) groups is 1. The fourth-order valence-corrected chi connectivity index (χ4v) is 3.57. The van der Waals surface area contributed by atoms with E-state index >= 15 is 0 Å². The van der Waals surface area contributed by atoms with Crippen LogP contribution in [0, 0.1) is 0 Å². The number of aliphatic hydroxyl groups is 1. The predicted molar refractivity (Wildman–Crippen MR) is 138 cm³/mol. The quantitative estimate of drug-likeness (QED) is 0.304. The molecule has 0 unspecified atom stereocenters. The predicted octanol–water partition coefficient (Wildman–Crippen LogP) is 2.39. The van der Waals surface area contributed by atoms with Gasteiger partial charge < -0.3 is 20.5 Å². The fourth-order valence-electron chi connectivity index (χ4n) is 3.45. The summed E-state index contributed by atoms with van der Waals surface area (Å²) in [7, 11) is 1.53. The first-order valence-electron chi connectivity index (χ1n) is 11.2. The van der Waals surface area contributed by atoms with Gasteiger partial charge in [0.05, 0.1) is 31.5 Å². The zero-order chi connectivity index (χ0) is 26.4. The van der Waals surface area contributed by atoms with Gasteiger partial charge in [0.25, 0.3) is 5.91 Å². The molecule has 37 heavy (non-hydrogen) atoms. The van der Waals surface area contributed by atoms with E-state index in [2.05, 4.69) is 20.6 Å². The van der Waals surface area contributed by atoms with Gasteiger partial charge in [0.15, 0.2) is 0 Å². The van der Waals surface area contributed by atoms with Crippen LogP contribution in [0.15, 0.2) is 76.6 Å². The number of hydrogen-bond donors (Lipinski definition) is 3. The summed E-state index contributed by atoms with van der Waals surface area (Å²) in [6, 6.07) is 15.2. The molecule has 0 aliphatic heterocycles. The molecule has 0 aliphatic rings. The summed E-state index contributed by atoms with van der Waals surface area (Å²) < 4.78 is 7.96. The van der Waals surface area contributed by atoms with Crippen LogP contribution in [0.1, 0.15) is 15.9 Å². The molecule has 4 aromatic rings. The van der Waals surface area contributed by atoms with Gasteiger partial charge in [0.2, 0.25) is 5.95 Å². The number of benzene rings is 2. The number of amides is 1. The highest BCUT2D eigenvalue weighted by atomic mass is 35.5. The minimum Gasteiger partial charge on any atom is -0.456 e. The average Bonchev–Trinajstić information content (AvgIpc) is 2.90. The topological polar surface area (TPSA) is 140 Å². The third kappa shape index (κ3) is 6.21. The van der Waals surface area contributed by atoms with Gasteiger partial charge in [-0.2, -0.15) is 4.98 Å². The first-order chi connectivity index (χ1) is 17.9. The largest absolute Gasteiger partial charge is 0.456 e. The molecule has 3 N–H and O–H groups in total. The van der Waals surface area contributed by atoms with Crippen molar-refractivity contribution in [1.82, 2.24) is 24.4 Å². The highest BCUT2D eigenvalue weighted by molar-refractivity contribution is 6.30. The summed E-state index contributed by atoms with van der Waals surface area (Å²) in [6.45, 7) is -0.436. The SMILES string of the molecule is CNC(=O)c1cncc(Oc2ccc(Nc3nc(=O)n(CCO)c(=O)n3Cc3ccc(Cl)cc3)cc2)c1. The lowest BCUT2D eigenvalue weighted by Gasteiger charge is -2.15. The van der Waals surface area contributed by atoms with Crippen LogP contribution in [0.2, 0.25) is 5.02 Å². The minimum atomic E-state index is -0.780. The molecule has 0 fully saturated rings. The van der Waals surface area contributed by atoms with Gasteiger partial charge >= 0.3 is 11.4 Å². The smallest absolute Gasteiger partial charge is 0.355 e. The van der Waals surface area contributed by atoms with Gasteiger partial charge in [-0.1, -0.05) is 23.7 Å². The van der Waals surface area contributed by atoms with Crippen LogP contribution in [0.5, 0.6) is 11.5 Å². The van der Waals surface area contributed by atoms with Crippen molar-refractivity contribution < 1.29 is 14.6 Å². The molecule has 0 spiro atoms. The molecule has 12 heteroatoms. The number of carbonyl (C=O) groups excluding carboxylic acids is 1. The molecular weight excluding hydrogens is 500 g/mol. The number of nitrogens with zero attached hydrogens (tertiary/aromatic N) is 4. The second kappa shape index (κ2) is 11.5. The van der Waals surface area contributed by atoms with Crippen molar-refractivity contribution in [2.45, 2.75) is 13.1 Å². The van der Waals surface area contributed by atoms with Gasteiger partial charge in [-0.05, 0) is 48.0 Å². The lowest BCUT2D eigenvalue weighted by Crippen LogP contribution is -2.43. The molecule has 4 rings (SSSR count). The Hall–Kier alpha value is -4.48. The number of nitrogens with one attached hydrogen (secondary N) is 2. The van der Waals surface area contributed by atoms with Crippen molar-refractivity contribution >= 4 is 29.1 Å². The standard InChI is InChI=1S/C25H23ClN6O5/c1-27-22(34)17-12-21(14-28-13-17)37-20-8-6-19(7-9-20)29-23-30-24(35)31(10-11-33)25(36)32(23)15-16-2-4-18(26)5-3-16/h2-9,12-14,33H,10-11,15H2,1H3,(H,27,34)(H,29,30,35). The number of ether oxygens (including phenoxy) is 1. The molecule has 0 saturated heterocycles. The van der Waals surface area contributed by atoms with E-state index < -0.39 is 11.4 Å². The van der Waals surface area contributed by atoms with Crippen LogP contribution in [-0.4, -0.2) is 43.8 Å². The first kappa shape index (κ1) is 25.6. The molecule has 11 nitrogen and oxygen atoms in total. The molecule has 0 bridgehead atoms. The fraction of sp³-hybridized carbons (Fsp3) is 0.160. The van der Waals surface area contributed by atoms with Crippen LogP contribution >= 0.6 is 11.6 Å². The maximum Gasteiger partial charge on any atom is 0.355 e. The van der Waals surface area contributed by atoms with E-state index in [0.717, 1.165) is 10.1 Å². The van der Waals surface area contributed by atoms with Crippen molar-refractivity contribution in [3.8, 4) is 11.5 Å². The zero-order valence-electron chi connectivity index (χ0n) is 19.7. The summed E-state index contributed by atoms with van der Waals surface area (Å²) in [5.74, 6) is 0.616. The van der Waals surface area contributed by atoms with Crippen LogP contribution in [0.25, 0.3) is 0 Å². The average molecular weight is 523 g/mol. The second-order valence-electron chi connectivity index (χ2n) is 7.83. The summed E-state index contributed by atoms with van der Waals surface area (Å²) in [5, 5.41) is 15.4. The summed E-state index contributed by atoms with van der Waals surface area (Å²) in [6.07, 6.45) is 2.92. The van der Waals surface area contributed by atoms with Crippen molar-refractivity contribution in [2.75, 3.05) is 19.0 Å². The Morgan fingerprint density at radius 2 is 1.76 bits per heavy atom. The van der Waals surface area contributed by atoms with Gasteiger partial charge in [-0.25, -0.2) is 14.2 Å². The Bertz CT molecular complexity index is 1520. The molecule has 2 heterocycles. The number of aliphatic hydroxyl groups excluding tert-OH is 1. The molecule has 2 aromatic carbocycles. The van der Waals surface area contributed by atoms with Gasteiger partial charge in [-0.3, -0.25) is 14.3 Å². The highest BCUT2D eigenvalue weighted by Crippen LogP contribution is 2.24.